The van der Waals surface area contributed by atoms with Gasteiger partial charge in [-0.25, -0.2) is 5.43 Å². The molecule has 0 aliphatic rings. The Balaban J connectivity index is 2.27. The average Bonchev–Trinajstić information content (AvgIpc) is 2.17. The molecule has 1 aromatic heterocycles. The molecule has 0 fully saturated rings. The summed E-state index contributed by atoms with van der Waals surface area (Å²) in [6, 6.07) is 4.06. The molecule has 13 heavy (non-hydrogen) atoms. The van der Waals surface area contributed by atoms with Crippen LogP contribution in [0.1, 0.15) is 5.56 Å². The number of nitrogens with zero attached hydrogens (tertiary/aromatic N) is 2. The molecule has 1 rings (SSSR count). The van der Waals surface area contributed by atoms with Crippen LogP contribution in [-0.2, 0) is 6.42 Å². The van der Waals surface area contributed by atoms with Crippen LogP contribution in [-0.4, -0.2) is 30.1 Å². The van der Waals surface area contributed by atoms with Gasteiger partial charge < -0.3 is 0 Å². The van der Waals surface area contributed by atoms with Crippen molar-refractivity contribution in [1.29, 1.82) is 0 Å². The summed E-state index contributed by atoms with van der Waals surface area (Å²) in [5.74, 6) is 5.20. The summed E-state index contributed by atoms with van der Waals surface area (Å²) in [5.41, 5.74) is 3.92. The molecule has 0 saturated heterocycles. The number of hydrogen-bond donors (Lipinski definition) is 2. The van der Waals surface area contributed by atoms with E-state index in [2.05, 4.69) is 15.3 Å². The van der Waals surface area contributed by atoms with Crippen LogP contribution < -0.4 is 11.3 Å². The van der Waals surface area contributed by atoms with Gasteiger partial charge in [0.15, 0.2) is 0 Å². The summed E-state index contributed by atoms with van der Waals surface area (Å²) in [6.45, 7) is 1.71. The molecule has 72 valence electrons. The summed E-state index contributed by atoms with van der Waals surface area (Å²) < 4.78 is 0. The number of likely N-dealkylation sites (N-methyl/N-ethyl adjacent to an activating group) is 1. The van der Waals surface area contributed by atoms with E-state index < -0.39 is 0 Å². The molecule has 0 amide bonds. The Morgan fingerprint density at radius 1 is 1.46 bits per heavy atom. The van der Waals surface area contributed by atoms with Crippen molar-refractivity contribution in [3.8, 4) is 0 Å². The fourth-order valence-corrected chi connectivity index (χ4v) is 1.10. The van der Waals surface area contributed by atoms with Gasteiger partial charge in [-0.1, -0.05) is 0 Å². The van der Waals surface area contributed by atoms with Crippen LogP contribution in [0.25, 0.3) is 0 Å². The van der Waals surface area contributed by atoms with E-state index >= 15 is 0 Å². The maximum absolute atomic E-state index is 5.20. The van der Waals surface area contributed by atoms with Gasteiger partial charge in [-0.3, -0.25) is 15.7 Å². The van der Waals surface area contributed by atoms with E-state index in [0.717, 1.165) is 13.0 Å². The van der Waals surface area contributed by atoms with Gasteiger partial charge in [0, 0.05) is 18.9 Å². The largest absolute Gasteiger partial charge is 0.292 e. The molecule has 0 saturated carbocycles. The van der Waals surface area contributed by atoms with Crippen molar-refractivity contribution < 1.29 is 0 Å². The molecule has 0 spiro atoms. The molecule has 1 heterocycles. The van der Waals surface area contributed by atoms with Crippen molar-refractivity contribution >= 4 is 0 Å². The van der Waals surface area contributed by atoms with Gasteiger partial charge in [0.1, 0.15) is 0 Å². The third-order valence-electron chi connectivity index (χ3n) is 1.89. The Morgan fingerprint density at radius 3 is 2.77 bits per heavy atom. The van der Waals surface area contributed by atoms with Crippen LogP contribution in [0.2, 0.25) is 0 Å². The molecule has 4 heteroatoms. The van der Waals surface area contributed by atoms with E-state index in [-0.39, 0.29) is 0 Å². The highest BCUT2D eigenvalue weighted by atomic mass is 15.3. The zero-order valence-corrected chi connectivity index (χ0v) is 7.90. The zero-order valence-electron chi connectivity index (χ0n) is 7.90. The number of pyridine rings is 1. The minimum absolute atomic E-state index is 0.713. The molecule has 3 N–H and O–H groups in total. The Kier molecular flexibility index (Phi) is 4.39. The molecule has 0 atom stereocenters. The van der Waals surface area contributed by atoms with E-state index in [4.69, 9.17) is 5.84 Å². The number of aromatic nitrogens is 1. The quantitative estimate of drug-likeness (QED) is 0.380. The first-order valence-electron chi connectivity index (χ1n) is 4.34. The number of rotatable bonds is 5. The molecule has 0 bridgehead atoms. The SMILES string of the molecule is CN(CCc1ccncc1)CNN. The molecular formula is C9H16N4. The lowest BCUT2D eigenvalue weighted by Crippen LogP contribution is -2.36. The summed E-state index contributed by atoms with van der Waals surface area (Å²) in [4.78, 5) is 6.09. The second-order valence-corrected chi connectivity index (χ2v) is 3.05. The fourth-order valence-electron chi connectivity index (χ4n) is 1.10. The number of nitrogens with one attached hydrogen (secondary N) is 1. The van der Waals surface area contributed by atoms with Gasteiger partial charge in [-0.2, -0.15) is 0 Å². The summed E-state index contributed by atoms with van der Waals surface area (Å²) in [6.07, 6.45) is 4.66. The van der Waals surface area contributed by atoms with Gasteiger partial charge in [-0.15, -0.1) is 0 Å². The van der Waals surface area contributed by atoms with E-state index in [1.54, 1.807) is 0 Å². The second kappa shape index (κ2) is 5.64. The fraction of sp³-hybridized carbons (Fsp3) is 0.444. The topological polar surface area (TPSA) is 54.2 Å². The summed E-state index contributed by atoms with van der Waals surface area (Å²) >= 11 is 0. The number of hydrazine groups is 1. The highest BCUT2D eigenvalue weighted by Gasteiger charge is 1.96. The predicted molar refractivity (Wildman–Crippen MR) is 52.8 cm³/mol. The van der Waals surface area contributed by atoms with Crippen molar-refractivity contribution in [2.75, 3.05) is 20.3 Å². The molecule has 0 aliphatic carbocycles. The van der Waals surface area contributed by atoms with Crippen molar-refractivity contribution in [2.24, 2.45) is 5.84 Å². The zero-order chi connectivity index (χ0) is 9.52. The Bertz CT molecular complexity index is 224. The molecular weight excluding hydrogens is 164 g/mol. The standard InChI is InChI=1S/C9H16N4/c1-13(8-12-10)7-4-9-2-5-11-6-3-9/h2-3,5-6,12H,4,7-8,10H2,1H3. The highest BCUT2D eigenvalue weighted by Crippen LogP contribution is 1.97. The Hall–Kier alpha value is -0.970. The smallest absolute Gasteiger partial charge is 0.0610 e. The minimum atomic E-state index is 0.713. The number of hydrogen-bond acceptors (Lipinski definition) is 4. The first-order valence-corrected chi connectivity index (χ1v) is 4.34. The van der Waals surface area contributed by atoms with Gasteiger partial charge in [-0.05, 0) is 31.2 Å². The second-order valence-electron chi connectivity index (χ2n) is 3.05. The predicted octanol–water partition coefficient (Wildman–Crippen LogP) is -0.0233. The normalized spacial score (nSPS) is 10.7. The molecule has 0 aromatic carbocycles. The molecule has 0 unspecified atom stereocenters. The van der Waals surface area contributed by atoms with E-state index in [9.17, 15) is 0 Å². The van der Waals surface area contributed by atoms with E-state index in [0.29, 0.717) is 6.67 Å². The Labute approximate surface area is 78.7 Å². The highest BCUT2D eigenvalue weighted by molar-refractivity contribution is 5.09. The van der Waals surface area contributed by atoms with Gasteiger partial charge in [0.05, 0.1) is 6.67 Å². The molecule has 0 radical (unpaired) electrons. The summed E-state index contributed by atoms with van der Waals surface area (Å²) in [7, 11) is 2.03. The molecule has 4 nitrogen and oxygen atoms in total. The van der Waals surface area contributed by atoms with Crippen LogP contribution in [0.4, 0.5) is 0 Å². The molecule has 1 aromatic rings. The van der Waals surface area contributed by atoms with Crippen molar-refractivity contribution in [2.45, 2.75) is 6.42 Å². The average molecular weight is 180 g/mol. The van der Waals surface area contributed by atoms with Gasteiger partial charge in [0.2, 0.25) is 0 Å². The van der Waals surface area contributed by atoms with Crippen LogP contribution >= 0.6 is 0 Å². The van der Waals surface area contributed by atoms with Crippen LogP contribution in [0.15, 0.2) is 24.5 Å². The van der Waals surface area contributed by atoms with Crippen LogP contribution in [0.5, 0.6) is 0 Å². The third-order valence-corrected chi connectivity index (χ3v) is 1.89. The summed E-state index contributed by atoms with van der Waals surface area (Å²) in [5, 5.41) is 0. The lowest BCUT2D eigenvalue weighted by atomic mass is 10.2. The lowest BCUT2D eigenvalue weighted by Gasteiger charge is -2.15. The minimum Gasteiger partial charge on any atom is -0.292 e. The van der Waals surface area contributed by atoms with Crippen molar-refractivity contribution in [3.63, 3.8) is 0 Å². The van der Waals surface area contributed by atoms with Crippen LogP contribution in [0.3, 0.4) is 0 Å². The lowest BCUT2D eigenvalue weighted by molar-refractivity contribution is 0.313. The van der Waals surface area contributed by atoms with Gasteiger partial charge >= 0.3 is 0 Å². The first kappa shape index (κ1) is 10.1. The maximum Gasteiger partial charge on any atom is 0.0610 e. The molecule has 0 aliphatic heterocycles. The van der Waals surface area contributed by atoms with Crippen LogP contribution in [0, 0.1) is 0 Å². The Morgan fingerprint density at radius 2 is 2.15 bits per heavy atom. The third kappa shape index (κ3) is 3.98. The van der Waals surface area contributed by atoms with Crippen molar-refractivity contribution in [1.82, 2.24) is 15.3 Å². The van der Waals surface area contributed by atoms with Gasteiger partial charge in [0.25, 0.3) is 0 Å². The number of nitrogens with two attached hydrogens (primary N) is 1. The maximum atomic E-state index is 5.20. The van der Waals surface area contributed by atoms with E-state index in [1.807, 2.05) is 31.6 Å². The first-order chi connectivity index (χ1) is 6.33. The van der Waals surface area contributed by atoms with E-state index in [1.165, 1.54) is 5.56 Å². The van der Waals surface area contributed by atoms with Crippen molar-refractivity contribution in [3.05, 3.63) is 30.1 Å². The monoisotopic (exact) mass is 180 g/mol.